The zero-order chi connectivity index (χ0) is 21.5. The maximum atomic E-state index is 10.5. The quantitative estimate of drug-likeness (QED) is 0.487. The number of hydrogen-bond donors (Lipinski definition) is 5. The monoisotopic (exact) mass is 382 g/mol. The average Bonchev–Trinajstić information content (AvgIpc) is 2.58. The number of phenols is 1. The molecule has 5 N–H and O–H groups in total. The largest absolute Gasteiger partial charge is 0.507 e. The molecule has 0 atom stereocenters. The molecule has 0 aliphatic carbocycles. The summed E-state index contributed by atoms with van der Waals surface area (Å²) in [5.41, 5.74) is 2.04. The first-order valence-corrected chi connectivity index (χ1v) is 9.23. The van der Waals surface area contributed by atoms with Crippen LogP contribution in [-0.2, 0) is 17.3 Å². The van der Waals surface area contributed by atoms with Crippen LogP contribution in [0.4, 0.5) is 0 Å². The van der Waals surface area contributed by atoms with Crippen LogP contribution in [0.5, 0.6) is 5.75 Å². The summed E-state index contributed by atoms with van der Waals surface area (Å²) in [7, 11) is 0. The van der Waals surface area contributed by atoms with E-state index in [1.807, 2.05) is 6.08 Å². The second-order valence-electron chi connectivity index (χ2n) is 9.16. The minimum absolute atomic E-state index is 0.0543. The van der Waals surface area contributed by atoms with Crippen molar-refractivity contribution in [1.82, 2.24) is 0 Å². The van der Waals surface area contributed by atoms with Gasteiger partial charge >= 0.3 is 0 Å². The van der Waals surface area contributed by atoms with Crippen molar-refractivity contribution in [3.05, 3.63) is 41.5 Å². The van der Waals surface area contributed by atoms with E-state index in [2.05, 4.69) is 60.3 Å². The zero-order valence-corrected chi connectivity index (χ0v) is 17.7. The van der Waals surface area contributed by atoms with Gasteiger partial charge in [0, 0.05) is 0 Å². The van der Waals surface area contributed by atoms with Gasteiger partial charge in [0.2, 0.25) is 0 Å². The molecular weight excluding hydrogens is 344 g/mol. The minimum atomic E-state index is -1.11. The van der Waals surface area contributed by atoms with Crippen molar-refractivity contribution in [3.63, 3.8) is 0 Å². The molecule has 156 valence electrons. The van der Waals surface area contributed by atoms with E-state index in [1.54, 1.807) is 0 Å². The van der Waals surface area contributed by atoms with Crippen LogP contribution in [0.2, 0.25) is 0 Å². The molecule has 1 aromatic rings. The van der Waals surface area contributed by atoms with E-state index in [9.17, 15) is 5.11 Å². The van der Waals surface area contributed by atoms with E-state index in [1.165, 1.54) is 5.56 Å². The molecule has 5 nitrogen and oxygen atoms in total. The SMILES string of the molecule is C=CCc1cc(C(C)(C)C)c(O)c(C(C)(C)C)c1.OCC(CO)(CO)CO. The van der Waals surface area contributed by atoms with E-state index in [4.69, 9.17) is 20.4 Å². The maximum absolute atomic E-state index is 10.5. The van der Waals surface area contributed by atoms with Crippen molar-refractivity contribution >= 4 is 0 Å². The third-order valence-corrected chi connectivity index (χ3v) is 4.51. The molecule has 0 radical (unpaired) electrons. The fourth-order valence-corrected chi connectivity index (χ4v) is 2.42. The number of aromatic hydroxyl groups is 1. The number of phenolic OH excluding ortho intramolecular Hbond substituents is 1. The molecule has 0 bridgehead atoms. The fourth-order valence-electron chi connectivity index (χ4n) is 2.42. The summed E-state index contributed by atoms with van der Waals surface area (Å²) in [5, 5.41) is 44.5. The average molecular weight is 383 g/mol. The van der Waals surface area contributed by atoms with Crippen LogP contribution in [0.1, 0.15) is 58.2 Å². The molecule has 0 unspecified atom stereocenters. The molecular formula is C22H38O5. The van der Waals surface area contributed by atoms with Gasteiger partial charge in [0.05, 0.1) is 31.8 Å². The van der Waals surface area contributed by atoms with Crippen molar-refractivity contribution < 1.29 is 25.5 Å². The lowest BCUT2D eigenvalue weighted by molar-refractivity contribution is -0.0328. The van der Waals surface area contributed by atoms with Crippen LogP contribution in [0.25, 0.3) is 0 Å². The van der Waals surface area contributed by atoms with Gasteiger partial charge in [0.15, 0.2) is 0 Å². The summed E-state index contributed by atoms with van der Waals surface area (Å²) in [6, 6.07) is 4.21. The van der Waals surface area contributed by atoms with Crippen LogP contribution in [0, 0.1) is 5.41 Å². The lowest BCUT2D eigenvalue weighted by Crippen LogP contribution is -2.37. The van der Waals surface area contributed by atoms with Gasteiger partial charge in [-0.25, -0.2) is 0 Å². The van der Waals surface area contributed by atoms with Crippen LogP contribution in [0.3, 0.4) is 0 Å². The number of benzene rings is 1. The normalized spacial score (nSPS) is 12.4. The maximum Gasteiger partial charge on any atom is 0.123 e. The molecule has 0 amide bonds. The van der Waals surface area contributed by atoms with Gasteiger partial charge in [0.1, 0.15) is 5.75 Å². The molecule has 1 rings (SSSR count). The lowest BCUT2D eigenvalue weighted by atomic mass is 9.78. The summed E-state index contributed by atoms with van der Waals surface area (Å²) in [6.07, 6.45) is 2.75. The second-order valence-corrected chi connectivity index (χ2v) is 9.16. The number of aliphatic hydroxyl groups is 4. The molecule has 0 aromatic heterocycles. The Morgan fingerprint density at radius 1 is 0.778 bits per heavy atom. The van der Waals surface area contributed by atoms with Crippen molar-refractivity contribution in [2.75, 3.05) is 26.4 Å². The van der Waals surface area contributed by atoms with E-state index in [-0.39, 0.29) is 10.8 Å². The predicted molar refractivity (Wildman–Crippen MR) is 110 cm³/mol. The highest BCUT2D eigenvalue weighted by molar-refractivity contribution is 5.50. The molecule has 0 heterocycles. The van der Waals surface area contributed by atoms with Crippen LogP contribution < -0.4 is 0 Å². The Bertz CT molecular complexity index is 537. The zero-order valence-electron chi connectivity index (χ0n) is 17.7. The van der Waals surface area contributed by atoms with Crippen LogP contribution in [0.15, 0.2) is 24.8 Å². The molecule has 0 saturated carbocycles. The third kappa shape index (κ3) is 7.26. The molecule has 5 heteroatoms. The van der Waals surface area contributed by atoms with E-state index >= 15 is 0 Å². The molecule has 0 aliphatic heterocycles. The molecule has 0 aliphatic rings. The lowest BCUT2D eigenvalue weighted by Gasteiger charge is -2.28. The smallest absolute Gasteiger partial charge is 0.123 e. The summed E-state index contributed by atoms with van der Waals surface area (Å²) in [5.74, 6) is 0.447. The van der Waals surface area contributed by atoms with E-state index in [0.29, 0.717) is 5.75 Å². The first-order valence-electron chi connectivity index (χ1n) is 9.23. The van der Waals surface area contributed by atoms with Crippen molar-refractivity contribution in [2.45, 2.75) is 58.8 Å². The Labute approximate surface area is 164 Å². The standard InChI is InChI=1S/C17H26O.C5H12O4/c1-8-9-12-10-13(16(2,3)4)15(18)14(11-12)17(5,6)7;6-1-5(2-7,3-8)4-9/h8,10-11,18H,1,9H2,2-7H3;6-9H,1-4H2. The van der Waals surface area contributed by atoms with Gasteiger partial charge in [-0.1, -0.05) is 59.8 Å². The predicted octanol–water partition coefficient (Wildman–Crippen LogP) is 2.66. The highest BCUT2D eigenvalue weighted by atomic mass is 16.3. The first-order chi connectivity index (χ1) is 12.3. The Morgan fingerprint density at radius 3 is 1.30 bits per heavy atom. The fraction of sp³-hybridized carbons (Fsp3) is 0.636. The molecule has 0 saturated heterocycles. The van der Waals surface area contributed by atoms with Crippen molar-refractivity contribution in [3.8, 4) is 5.75 Å². The van der Waals surface area contributed by atoms with Gasteiger partial charge in [-0.2, -0.15) is 0 Å². The molecule has 27 heavy (non-hydrogen) atoms. The summed E-state index contributed by atoms with van der Waals surface area (Å²) in [6.45, 7) is 15.0. The molecule has 0 spiro atoms. The van der Waals surface area contributed by atoms with Crippen molar-refractivity contribution in [1.29, 1.82) is 0 Å². The second kappa shape index (κ2) is 10.2. The Kier molecular flexibility index (Phi) is 9.70. The number of hydrogen-bond acceptors (Lipinski definition) is 5. The first kappa shape index (κ1) is 25.6. The molecule has 1 aromatic carbocycles. The minimum Gasteiger partial charge on any atom is -0.507 e. The Balaban J connectivity index is 0.000000636. The van der Waals surface area contributed by atoms with E-state index < -0.39 is 31.8 Å². The Morgan fingerprint density at radius 2 is 1.11 bits per heavy atom. The van der Waals surface area contributed by atoms with E-state index in [0.717, 1.165) is 17.5 Å². The number of aliphatic hydroxyl groups excluding tert-OH is 4. The summed E-state index contributed by atoms with van der Waals surface area (Å²) < 4.78 is 0. The highest BCUT2D eigenvalue weighted by Gasteiger charge is 2.27. The van der Waals surface area contributed by atoms with Gasteiger partial charge in [-0.05, 0) is 33.9 Å². The summed E-state index contributed by atoms with van der Waals surface area (Å²) >= 11 is 0. The highest BCUT2D eigenvalue weighted by Crippen LogP contribution is 2.39. The van der Waals surface area contributed by atoms with Gasteiger partial charge in [0.25, 0.3) is 0 Å². The number of rotatable bonds is 6. The van der Waals surface area contributed by atoms with Gasteiger partial charge in [-0.3, -0.25) is 0 Å². The summed E-state index contributed by atoms with van der Waals surface area (Å²) in [4.78, 5) is 0. The van der Waals surface area contributed by atoms with Crippen molar-refractivity contribution in [2.24, 2.45) is 5.41 Å². The van der Waals surface area contributed by atoms with Gasteiger partial charge < -0.3 is 25.5 Å². The van der Waals surface area contributed by atoms with Crippen LogP contribution in [-0.4, -0.2) is 52.0 Å². The van der Waals surface area contributed by atoms with Gasteiger partial charge in [-0.15, -0.1) is 6.58 Å². The topological polar surface area (TPSA) is 101 Å². The number of allylic oxidation sites excluding steroid dienone is 1. The molecule has 0 fully saturated rings. The third-order valence-electron chi connectivity index (χ3n) is 4.51. The Hall–Kier alpha value is -1.40. The van der Waals surface area contributed by atoms with Crippen LogP contribution >= 0.6 is 0 Å².